The summed E-state index contributed by atoms with van der Waals surface area (Å²) in [6.07, 6.45) is 2.52. The molecule has 1 N–H and O–H groups in total. The van der Waals surface area contributed by atoms with E-state index >= 15 is 0 Å². The normalized spacial score (nSPS) is 11.3. The Morgan fingerprint density at radius 2 is 1.86 bits per heavy atom. The molecule has 0 aliphatic heterocycles. The lowest BCUT2D eigenvalue weighted by molar-refractivity contribution is 0.0599. The first-order valence-electron chi connectivity index (χ1n) is 7.19. The Bertz CT molecular complexity index is 672. The number of aliphatic hydroxyl groups excluding tert-OH is 1. The van der Waals surface area contributed by atoms with E-state index in [1.54, 1.807) is 0 Å². The van der Waals surface area contributed by atoms with Gasteiger partial charge >= 0.3 is 5.97 Å². The van der Waals surface area contributed by atoms with Crippen LogP contribution in [-0.2, 0) is 11.2 Å². The Kier molecular flexibility index (Phi) is 5.50. The van der Waals surface area contributed by atoms with Gasteiger partial charge < -0.3 is 9.84 Å². The number of allylic oxidation sites excluding steroid dienone is 1. The second kappa shape index (κ2) is 7.57. The zero-order valence-corrected chi connectivity index (χ0v) is 12.9. The molecule has 2 aromatic carbocycles. The van der Waals surface area contributed by atoms with Gasteiger partial charge in [-0.25, -0.2) is 4.79 Å². The molecule has 2 aromatic rings. The predicted molar refractivity (Wildman–Crippen MR) is 87.7 cm³/mol. The molecule has 0 spiro atoms. The van der Waals surface area contributed by atoms with Crippen molar-refractivity contribution in [3.05, 3.63) is 76.9 Å². The highest BCUT2D eigenvalue weighted by atomic mass is 16.5. The van der Waals surface area contributed by atoms with Gasteiger partial charge in [-0.3, -0.25) is 0 Å². The first-order chi connectivity index (χ1) is 10.7. The van der Waals surface area contributed by atoms with E-state index in [1.807, 2.05) is 61.5 Å². The average molecular weight is 296 g/mol. The molecule has 0 saturated carbocycles. The van der Waals surface area contributed by atoms with Gasteiger partial charge in [0.1, 0.15) is 0 Å². The molecule has 0 aromatic heterocycles. The van der Waals surface area contributed by atoms with E-state index in [4.69, 9.17) is 4.74 Å². The third-order valence-electron chi connectivity index (χ3n) is 3.63. The molecule has 2 rings (SSSR count). The summed E-state index contributed by atoms with van der Waals surface area (Å²) in [6, 6.07) is 15.5. The van der Waals surface area contributed by atoms with Gasteiger partial charge in [-0.2, -0.15) is 0 Å². The lowest BCUT2D eigenvalue weighted by Gasteiger charge is -2.10. The number of aryl methyl sites for hydroxylation is 1. The van der Waals surface area contributed by atoms with Gasteiger partial charge in [-0.05, 0) is 35.6 Å². The van der Waals surface area contributed by atoms with Crippen molar-refractivity contribution >= 4 is 11.5 Å². The van der Waals surface area contributed by atoms with E-state index in [2.05, 4.69) is 0 Å². The Morgan fingerprint density at radius 3 is 2.50 bits per heavy atom. The molecule has 0 aliphatic rings. The van der Waals surface area contributed by atoms with Crippen LogP contribution in [0.5, 0.6) is 0 Å². The fourth-order valence-electron chi connectivity index (χ4n) is 2.45. The van der Waals surface area contributed by atoms with Gasteiger partial charge in [0.2, 0.25) is 0 Å². The SMILES string of the molecule is COC(=O)c1c(C)cccc1C/C=C(\CO)c1ccccc1. The molecule has 0 bridgehead atoms. The van der Waals surface area contributed by atoms with Gasteiger partial charge in [-0.1, -0.05) is 54.6 Å². The van der Waals surface area contributed by atoms with E-state index in [0.717, 1.165) is 22.3 Å². The largest absolute Gasteiger partial charge is 0.465 e. The molecule has 0 amide bonds. The van der Waals surface area contributed by atoms with E-state index in [9.17, 15) is 9.90 Å². The summed E-state index contributed by atoms with van der Waals surface area (Å²) < 4.78 is 4.87. The molecule has 114 valence electrons. The summed E-state index contributed by atoms with van der Waals surface area (Å²) in [7, 11) is 1.39. The van der Waals surface area contributed by atoms with Gasteiger partial charge in [-0.15, -0.1) is 0 Å². The Labute approximate surface area is 130 Å². The van der Waals surface area contributed by atoms with Crippen LogP contribution in [0.15, 0.2) is 54.6 Å². The van der Waals surface area contributed by atoms with Crippen LogP contribution in [0.2, 0.25) is 0 Å². The van der Waals surface area contributed by atoms with Crippen LogP contribution in [0.1, 0.15) is 27.0 Å². The number of benzene rings is 2. The minimum absolute atomic E-state index is 0.0383. The number of aliphatic hydroxyl groups is 1. The van der Waals surface area contributed by atoms with Crippen LogP contribution < -0.4 is 0 Å². The number of esters is 1. The fourth-order valence-corrected chi connectivity index (χ4v) is 2.45. The lowest BCUT2D eigenvalue weighted by Crippen LogP contribution is -2.08. The molecule has 0 aliphatic carbocycles. The first kappa shape index (κ1) is 16.0. The molecular formula is C19H20O3. The second-order valence-corrected chi connectivity index (χ2v) is 5.06. The number of carbonyl (C=O) groups is 1. The quantitative estimate of drug-likeness (QED) is 0.860. The number of rotatable bonds is 5. The maximum absolute atomic E-state index is 11.9. The van der Waals surface area contributed by atoms with Crippen LogP contribution in [0.25, 0.3) is 5.57 Å². The molecule has 0 heterocycles. The van der Waals surface area contributed by atoms with Gasteiger partial charge in [0.25, 0.3) is 0 Å². The van der Waals surface area contributed by atoms with Crippen molar-refractivity contribution in [2.24, 2.45) is 0 Å². The highest BCUT2D eigenvalue weighted by molar-refractivity contribution is 5.92. The maximum Gasteiger partial charge on any atom is 0.338 e. The summed E-state index contributed by atoms with van der Waals surface area (Å²) in [5.41, 5.74) is 4.22. The third kappa shape index (κ3) is 3.62. The van der Waals surface area contributed by atoms with Crippen molar-refractivity contribution in [2.75, 3.05) is 13.7 Å². The van der Waals surface area contributed by atoms with Crippen LogP contribution in [-0.4, -0.2) is 24.8 Å². The minimum Gasteiger partial charge on any atom is -0.465 e. The smallest absolute Gasteiger partial charge is 0.338 e. The number of ether oxygens (including phenoxy) is 1. The zero-order valence-electron chi connectivity index (χ0n) is 12.9. The first-order valence-corrected chi connectivity index (χ1v) is 7.19. The van der Waals surface area contributed by atoms with E-state index < -0.39 is 0 Å². The van der Waals surface area contributed by atoms with Crippen molar-refractivity contribution in [2.45, 2.75) is 13.3 Å². The monoisotopic (exact) mass is 296 g/mol. The molecule has 0 fully saturated rings. The molecule has 0 saturated heterocycles. The van der Waals surface area contributed by atoms with E-state index in [1.165, 1.54) is 7.11 Å². The average Bonchev–Trinajstić information content (AvgIpc) is 2.56. The molecule has 3 heteroatoms. The molecule has 22 heavy (non-hydrogen) atoms. The fraction of sp³-hybridized carbons (Fsp3) is 0.211. The van der Waals surface area contributed by atoms with Crippen molar-refractivity contribution in [1.82, 2.24) is 0 Å². The molecule has 0 unspecified atom stereocenters. The molecular weight excluding hydrogens is 276 g/mol. The van der Waals surface area contributed by atoms with Crippen LogP contribution in [0, 0.1) is 6.92 Å². The highest BCUT2D eigenvalue weighted by Gasteiger charge is 2.13. The number of carbonyl (C=O) groups excluding carboxylic acids is 1. The molecule has 0 atom stereocenters. The van der Waals surface area contributed by atoms with Gasteiger partial charge in [0.05, 0.1) is 19.3 Å². The number of methoxy groups -OCH3 is 1. The summed E-state index contributed by atoms with van der Waals surface area (Å²) in [5, 5.41) is 9.58. The Morgan fingerprint density at radius 1 is 1.14 bits per heavy atom. The topological polar surface area (TPSA) is 46.5 Å². The molecule has 0 radical (unpaired) electrons. The van der Waals surface area contributed by atoms with E-state index in [-0.39, 0.29) is 12.6 Å². The third-order valence-corrected chi connectivity index (χ3v) is 3.63. The Balaban J connectivity index is 2.33. The number of hydrogen-bond acceptors (Lipinski definition) is 3. The maximum atomic E-state index is 11.9. The van der Waals surface area contributed by atoms with Crippen molar-refractivity contribution in [3.63, 3.8) is 0 Å². The number of hydrogen-bond donors (Lipinski definition) is 1. The second-order valence-electron chi connectivity index (χ2n) is 5.06. The van der Waals surface area contributed by atoms with Crippen LogP contribution in [0.4, 0.5) is 0 Å². The highest BCUT2D eigenvalue weighted by Crippen LogP contribution is 2.19. The van der Waals surface area contributed by atoms with Crippen molar-refractivity contribution < 1.29 is 14.6 Å². The summed E-state index contributed by atoms with van der Waals surface area (Å²) in [6.45, 7) is 1.85. The van der Waals surface area contributed by atoms with Gasteiger partial charge in [0.15, 0.2) is 0 Å². The van der Waals surface area contributed by atoms with E-state index in [0.29, 0.717) is 12.0 Å². The standard InChI is InChI=1S/C19H20O3/c1-14-7-6-10-16(18(14)19(21)22-2)11-12-17(13-20)15-8-4-3-5-9-15/h3-10,12,20H,11,13H2,1-2H3/b17-12+. The summed E-state index contributed by atoms with van der Waals surface area (Å²) in [4.78, 5) is 11.9. The summed E-state index contributed by atoms with van der Waals surface area (Å²) >= 11 is 0. The minimum atomic E-state index is -0.327. The zero-order chi connectivity index (χ0) is 15.9. The summed E-state index contributed by atoms with van der Waals surface area (Å²) in [5.74, 6) is -0.327. The Hall–Kier alpha value is -2.39. The van der Waals surface area contributed by atoms with Crippen LogP contribution in [0.3, 0.4) is 0 Å². The predicted octanol–water partition coefficient (Wildman–Crippen LogP) is 3.40. The van der Waals surface area contributed by atoms with Gasteiger partial charge in [0, 0.05) is 0 Å². The molecule has 3 nitrogen and oxygen atoms in total. The van der Waals surface area contributed by atoms with Crippen molar-refractivity contribution in [3.8, 4) is 0 Å². The van der Waals surface area contributed by atoms with Crippen LogP contribution >= 0.6 is 0 Å². The van der Waals surface area contributed by atoms with Crippen molar-refractivity contribution in [1.29, 1.82) is 0 Å². The lowest BCUT2D eigenvalue weighted by atomic mass is 9.97.